The van der Waals surface area contributed by atoms with Gasteiger partial charge < -0.3 is 14.6 Å². The van der Waals surface area contributed by atoms with E-state index in [2.05, 4.69) is 59.2 Å². The molecule has 2 N–H and O–H groups in total. The average molecular weight is 393 g/mol. The minimum Gasteiger partial charge on any atom is -0.423 e. The van der Waals surface area contributed by atoms with Gasteiger partial charge in [0.25, 0.3) is 0 Å². The van der Waals surface area contributed by atoms with Gasteiger partial charge in [-0.2, -0.15) is 0 Å². The molecule has 29 heavy (non-hydrogen) atoms. The molecule has 0 saturated carbocycles. The first-order chi connectivity index (χ1) is 14.2. The zero-order valence-electron chi connectivity index (χ0n) is 15.4. The summed E-state index contributed by atoms with van der Waals surface area (Å²) in [5.74, 6) is 0. The molecule has 0 atom stereocenters. The quantitative estimate of drug-likeness (QED) is 0.414. The standard InChI is InChI=1S/C24H16BNO2S/c27-25(28)18-9-3-5-11-20(18)26-19-10-4-1-8-17(19)23-21(26)14-13-16-15-7-2-6-12-22(15)29-24(16)23/h1-14,27-28H. The van der Waals surface area contributed by atoms with E-state index in [4.69, 9.17) is 0 Å². The topological polar surface area (TPSA) is 45.4 Å². The van der Waals surface area contributed by atoms with Gasteiger partial charge in [-0.1, -0.05) is 60.7 Å². The van der Waals surface area contributed by atoms with Gasteiger partial charge in [0.1, 0.15) is 0 Å². The molecule has 6 aromatic rings. The number of hydrogen-bond donors (Lipinski definition) is 2. The fraction of sp³-hybridized carbons (Fsp3) is 0. The second-order valence-corrected chi connectivity index (χ2v) is 8.27. The lowest BCUT2D eigenvalue weighted by molar-refractivity contribution is 0.425. The Bertz CT molecular complexity index is 1550. The van der Waals surface area contributed by atoms with Crippen molar-refractivity contribution in [2.75, 3.05) is 0 Å². The van der Waals surface area contributed by atoms with E-state index in [0.29, 0.717) is 5.46 Å². The molecule has 3 nitrogen and oxygen atoms in total. The van der Waals surface area contributed by atoms with Gasteiger partial charge in [-0.05, 0) is 24.3 Å². The Morgan fingerprint density at radius 1 is 0.655 bits per heavy atom. The third-order valence-electron chi connectivity index (χ3n) is 5.64. The highest BCUT2D eigenvalue weighted by Gasteiger charge is 2.21. The summed E-state index contributed by atoms with van der Waals surface area (Å²) in [7, 11) is -1.53. The maximum absolute atomic E-state index is 9.96. The maximum atomic E-state index is 9.96. The minimum atomic E-state index is -1.53. The normalized spacial score (nSPS) is 11.8. The van der Waals surface area contributed by atoms with E-state index < -0.39 is 7.12 Å². The van der Waals surface area contributed by atoms with Gasteiger partial charge >= 0.3 is 7.12 Å². The fourth-order valence-corrected chi connectivity index (χ4v) is 5.66. The van der Waals surface area contributed by atoms with Crippen LogP contribution in [0.3, 0.4) is 0 Å². The molecule has 138 valence electrons. The number of fused-ring (bicyclic) bond motifs is 7. The first-order valence-corrected chi connectivity index (χ1v) is 10.3. The molecule has 5 heteroatoms. The largest absolute Gasteiger partial charge is 0.490 e. The van der Waals surface area contributed by atoms with Crippen LogP contribution in [0.4, 0.5) is 0 Å². The molecule has 4 aromatic carbocycles. The Balaban J connectivity index is 1.85. The van der Waals surface area contributed by atoms with E-state index in [-0.39, 0.29) is 0 Å². The van der Waals surface area contributed by atoms with Crippen molar-refractivity contribution in [3.63, 3.8) is 0 Å². The van der Waals surface area contributed by atoms with E-state index in [1.807, 2.05) is 35.6 Å². The Morgan fingerprint density at radius 2 is 1.38 bits per heavy atom. The van der Waals surface area contributed by atoms with Crippen LogP contribution in [0.1, 0.15) is 0 Å². The first-order valence-electron chi connectivity index (χ1n) is 9.53. The molecule has 0 spiro atoms. The molecule has 0 bridgehead atoms. The van der Waals surface area contributed by atoms with Gasteiger partial charge in [-0.3, -0.25) is 0 Å². The molecule has 0 fully saturated rings. The van der Waals surface area contributed by atoms with Crippen LogP contribution in [0.25, 0.3) is 47.7 Å². The van der Waals surface area contributed by atoms with Gasteiger partial charge in [-0.25, -0.2) is 0 Å². The number of benzene rings is 4. The molecule has 6 rings (SSSR count). The predicted octanol–water partition coefficient (Wildman–Crippen LogP) is 4.83. The second-order valence-electron chi connectivity index (χ2n) is 7.22. The molecule has 0 aliphatic heterocycles. The molecule has 0 unspecified atom stereocenters. The van der Waals surface area contributed by atoms with Crippen LogP contribution in [0.15, 0.2) is 84.9 Å². The van der Waals surface area contributed by atoms with Crippen LogP contribution < -0.4 is 5.46 Å². The lowest BCUT2D eigenvalue weighted by Crippen LogP contribution is -2.33. The van der Waals surface area contributed by atoms with Crippen molar-refractivity contribution in [3.05, 3.63) is 84.9 Å². The predicted molar refractivity (Wildman–Crippen MR) is 123 cm³/mol. The highest BCUT2D eigenvalue weighted by molar-refractivity contribution is 7.26. The summed E-state index contributed by atoms with van der Waals surface area (Å²) in [5.41, 5.74) is 3.40. The van der Waals surface area contributed by atoms with Crippen molar-refractivity contribution in [1.82, 2.24) is 4.57 Å². The van der Waals surface area contributed by atoms with Gasteiger partial charge in [0, 0.05) is 42.1 Å². The lowest BCUT2D eigenvalue weighted by atomic mass is 9.79. The number of rotatable bonds is 2. The van der Waals surface area contributed by atoms with E-state index in [1.165, 1.54) is 30.9 Å². The van der Waals surface area contributed by atoms with Crippen LogP contribution in [0, 0.1) is 0 Å². The van der Waals surface area contributed by atoms with Crippen molar-refractivity contribution >= 4 is 65.9 Å². The van der Waals surface area contributed by atoms with Gasteiger partial charge in [0.2, 0.25) is 0 Å². The number of para-hydroxylation sites is 2. The summed E-state index contributed by atoms with van der Waals surface area (Å²) in [5, 5.41) is 24.8. The van der Waals surface area contributed by atoms with Crippen molar-refractivity contribution in [2.24, 2.45) is 0 Å². The van der Waals surface area contributed by atoms with Gasteiger partial charge in [0.15, 0.2) is 0 Å². The Labute approximate surface area is 171 Å². The van der Waals surface area contributed by atoms with Gasteiger partial charge in [0.05, 0.1) is 11.0 Å². The van der Waals surface area contributed by atoms with Crippen molar-refractivity contribution in [2.45, 2.75) is 0 Å². The molecular weight excluding hydrogens is 377 g/mol. The van der Waals surface area contributed by atoms with Crippen LogP contribution in [0.5, 0.6) is 0 Å². The second kappa shape index (κ2) is 6.19. The third kappa shape index (κ3) is 2.32. The summed E-state index contributed by atoms with van der Waals surface area (Å²) >= 11 is 1.81. The Morgan fingerprint density at radius 3 is 2.24 bits per heavy atom. The number of hydrogen-bond acceptors (Lipinski definition) is 3. The third-order valence-corrected chi connectivity index (χ3v) is 6.84. The molecule has 0 radical (unpaired) electrons. The summed E-state index contributed by atoms with van der Waals surface area (Å²) in [6.07, 6.45) is 0. The zero-order chi connectivity index (χ0) is 19.5. The zero-order valence-corrected chi connectivity index (χ0v) is 16.2. The van der Waals surface area contributed by atoms with Crippen LogP contribution >= 0.6 is 11.3 Å². The molecule has 0 saturated heterocycles. The van der Waals surface area contributed by atoms with E-state index in [9.17, 15) is 10.0 Å². The fourth-order valence-electron chi connectivity index (χ4n) is 4.40. The van der Waals surface area contributed by atoms with Crippen LogP contribution in [-0.2, 0) is 0 Å². The minimum absolute atomic E-state index is 0.492. The summed E-state index contributed by atoms with van der Waals surface area (Å²) < 4.78 is 4.68. The molecule has 2 heterocycles. The summed E-state index contributed by atoms with van der Waals surface area (Å²) in [6, 6.07) is 28.6. The smallest absolute Gasteiger partial charge is 0.423 e. The number of aromatic nitrogens is 1. The summed E-state index contributed by atoms with van der Waals surface area (Å²) in [6.45, 7) is 0. The summed E-state index contributed by atoms with van der Waals surface area (Å²) in [4.78, 5) is 0. The monoisotopic (exact) mass is 393 g/mol. The average Bonchev–Trinajstić information content (AvgIpc) is 3.29. The maximum Gasteiger partial charge on any atom is 0.490 e. The van der Waals surface area contributed by atoms with Crippen LogP contribution in [0.2, 0.25) is 0 Å². The highest BCUT2D eigenvalue weighted by atomic mass is 32.1. The number of nitrogens with zero attached hydrogens (tertiary/aromatic N) is 1. The van der Waals surface area contributed by atoms with Crippen molar-refractivity contribution in [1.29, 1.82) is 0 Å². The molecule has 2 aromatic heterocycles. The Kier molecular flexibility index (Phi) is 3.59. The molecule has 0 aliphatic carbocycles. The highest BCUT2D eigenvalue weighted by Crippen LogP contribution is 2.42. The molecule has 0 amide bonds. The van der Waals surface area contributed by atoms with E-state index in [0.717, 1.165) is 16.7 Å². The number of thiophene rings is 1. The lowest BCUT2D eigenvalue weighted by Gasteiger charge is -2.13. The van der Waals surface area contributed by atoms with E-state index >= 15 is 0 Å². The van der Waals surface area contributed by atoms with Crippen molar-refractivity contribution in [3.8, 4) is 5.69 Å². The Hall–Kier alpha value is -3.12. The van der Waals surface area contributed by atoms with Gasteiger partial charge in [-0.15, -0.1) is 11.3 Å². The van der Waals surface area contributed by atoms with E-state index in [1.54, 1.807) is 6.07 Å². The van der Waals surface area contributed by atoms with Crippen LogP contribution in [-0.4, -0.2) is 21.7 Å². The first kappa shape index (κ1) is 16.8. The van der Waals surface area contributed by atoms with Crippen molar-refractivity contribution < 1.29 is 10.0 Å². The molecular formula is C24H16BNO2S. The SMILES string of the molecule is OB(O)c1ccccc1-n1c2ccccc2c2c3sc4ccccc4c3ccc21. The molecule has 0 aliphatic rings.